The molecule has 0 nitrogen and oxygen atoms in total. The van der Waals surface area contributed by atoms with Crippen LogP contribution in [0.3, 0.4) is 0 Å². The predicted molar refractivity (Wildman–Crippen MR) is 124 cm³/mol. The summed E-state index contributed by atoms with van der Waals surface area (Å²) in [4.78, 5) is 0. The molecule has 0 heterocycles. The van der Waals surface area contributed by atoms with Crippen LogP contribution >= 0.6 is 0 Å². The number of hydrogen-bond acceptors (Lipinski definition) is 0. The molecule has 0 aromatic heterocycles. The van der Waals surface area contributed by atoms with E-state index in [9.17, 15) is 22.0 Å². The third kappa shape index (κ3) is 6.27. The van der Waals surface area contributed by atoms with E-state index >= 15 is 0 Å². The van der Waals surface area contributed by atoms with Gasteiger partial charge in [0.25, 0.3) is 0 Å². The Morgan fingerprint density at radius 1 is 0.588 bits per heavy atom. The van der Waals surface area contributed by atoms with Gasteiger partial charge in [0.15, 0.2) is 0 Å². The minimum absolute atomic E-state index is 0.00251. The van der Waals surface area contributed by atoms with Crippen molar-refractivity contribution in [2.24, 2.45) is 0 Å². The zero-order valence-corrected chi connectivity index (χ0v) is 19.0. The van der Waals surface area contributed by atoms with Crippen LogP contribution in [0.2, 0.25) is 0 Å². The van der Waals surface area contributed by atoms with Crippen molar-refractivity contribution in [3.63, 3.8) is 0 Å². The molecule has 0 bridgehead atoms. The highest BCUT2D eigenvalue weighted by Crippen LogP contribution is 2.19. The fraction of sp³-hybridized carbons (Fsp3) is 0.241. The predicted octanol–water partition coefficient (Wildman–Crippen LogP) is 7.48. The Kier molecular flexibility index (Phi) is 8.50. The number of halogens is 5. The number of rotatable bonds is 5. The summed E-state index contributed by atoms with van der Waals surface area (Å²) in [6, 6.07) is 8.66. The normalized spacial score (nSPS) is 10.3. The highest BCUT2D eigenvalue weighted by Gasteiger charge is 2.11. The van der Waals surface area contributed by atoms with Gasteiger partial charge < -0.3 is 0 Å². The van der Waals surface area contributed by atoms with Gasteiger partial charge in [-0.25, -0.2) is 22.0 Å². The van der Waals surface area contributed by atoms with Gasteiger partial charge in [-0.15, -0.1) is 0 Å². The van der Waals surface area contributed by atoms with Crippen molar-refractivity contribution in [2.75, 3.05) is 0 Å². The molecule has 0 N–H and O–H groups in total. The second kappa shape index (κ2) is 11.5. The summed E-state index contributed by atoms with van der Waals surface area (Å²) in [6.45, 7) is 3.84. The van der Waals surface area contributed by atoms with Crippen LogP contribution < -0.4 is 0 Å². The third-order valence-electron chi connectivity index (χ3n) is 5.20. The Morgan fingerprint density at radius 3 is 1.79 bits per heavy atom. The summed E-state index contributed by atoms with van der Waals surface area (Å²) >= 11 is 0. The first-order chi connectivity index (χ1) is 16.3. The van der Waals surface area contributed by atoms with Crippen molar-refractivity contribution < 1.29 is 22.0 Å². The van der Waals surface area contributed by atoms with Crippen LogP contribution in [0.5, 0.6) is 0 Å². The average molecular weight is 466 g/mol. The lowest BCUT2D eigenvalue weighted by Gasteiger charge is -2.04. The summed E-state index contributed by atoms with van der Waals surface area (Å²) in [5.74, 6) is 6.51. The highest BCUT2D eigenvalue weighted by atomic mass is 19.1. The molecule has 34 heavy (non-hydrogen) atoms. The van der Waals surface area contributed by atoms with E-state index in [1.165, 1.54) is 24.3 Å². The van der Waals surface area contributed by atoms with E-state index in [4.69, 9.17) is 0 Å². The van der Waals surface area contributed by atoms with E-state index in [-0.39, 0.29) is 27.8 Å². The second-order valence-corrected chi connectivity index (χ2v) is 7.90. The van der Waals surface area contributed by atoms with Gasteiger partial charge in [0.2, 0.25) is 0 Å². The summed E-state index contributed by atoms with van der Waals surface area (Å²) in [5, 5.41) is 0. The summed E-state index contributed by atoms with van der Waals surface area (Å²) in [5.41, 5.74) is 0.493. The molecule has 0 unspecified atom stereocenters. The largest absolute Gasteiger partial charge is 0.207 e. The van der Waals surface area contributed by atoms with Gasteiger partial charge in [0, 0.05) is 16.7 Å². The molecule has 0 atom stereocenters. The second-order valence-electron chi connectivity index (χ2n) is 7.90. The summed E-state index contributed by atoms with van der Waals surface area (Å²) < 4.78 is 71.2. The smallest absolute Gasteiger partial charge is 0.142 e. The Balaban J connectivity index is 1.82. The lowest BCUT2D eigenvalue weighted by Crippen LogP contribution is -1.97. The number of hydrogen-bond donors (Lipinski definition) is 0. The van der Waals surface area contributed by atoms with Crippen molar-refractivity contribution in [1.29, 1.82) is 0 Å². The number of benzene rings is 3. The van der Waals surface area contributed by atoms with Gasteiger partial charge in [0.05, 0.1) is 11.1 Å². The van der Waals surface area contributed by atoms with E-state index in [1.54, 1.807) is 0 Å². The van der Waals surface area contributed by atoms with Crippen molar-refractivity contribution in [2.45, 2.75) is 46.0 Å². The molecule has 0 aliphatic heterocycles. The molecule has 3 aromatic carbocycles. The molecule has 0 spiro atoms. The lowest BCUT2D eigenvalue weighted by atomic mass is 10.0. The van der Waals surface area contributed by atoms with Gasteiger partial charge >= 0.3 is 0 Å². The van der Waals surface area contributed by atoms with Gasteiger partial charge in [-0.3, -0.25) is 0 Å². The first-order valence-electron chi connectivity index (χ1n) is 11.1. The molecule has 5 heteroatoms. The fourth-order valence-electron chi connectivity index (χ4n) is 3.41. The molecule has 0 fully saturated rings. The van der Waals surface area contributed by atoms with Gasteiger partial charge in [-0.2, -0.15) is 0 Å². The van der Waals surface area contributed by atoms with Gasteiger partial charge in [-0.05, 0) is 67.3 Å². The SMILES string of the molecule is CCCCc1c(F)cc(C#Cc2ccc(C#Cc3c(F)cc(CCC)cc3F)cc2F)cc1F. The van der Waals surface area contributed by atoms with E-state index in [1.807, 2.05) is 13.8 Å². The topological polar surface area (TPSA) is 0 Å². The quantitative estimate of drug-likeness (QED) is 0.270. The van der Waals surface area contributed by atoms with Crippen LogP contribution in [0, 0.1) is 52.8 Å². The molecular weight excluding hydrogens is 443 g/mol. The number of aryl methyl sites for hydroxylation is 1. The molecule has 0 aliphatic carbocycles. The molecule has 0 amide bonds. The van der Waals surface area contributed by atoms with Gasteiger partial charge in [0.1, 0.15) is 29.1 Å². The van der Waals surface area contributed by atoms with Crippen molar-refractivity contribution in [3.05, 3.63) is 105 Å². The van der Waals surface area contributed by atoms with Crippen LogP contribution in [0.1, 0.15) is 66.5 Å². The zero-order valence-electron chi connectivity index (χ0n) is 19.0. The van der Waals surface area contributed by atoms with Crippen molar-refractivity contribution in [3.8, 4) is 23.7 Å². The Hall–Kier alpha value is -3.57. The van der Waals surface area contributed by atoms with Crippen molar-refractivity contribution in [1.82, 2.24) is 0 Å². The lowest BCUT2D eigenvalue weighted by molar-refractivity contribution is 0.548. The van der Waals surface area contributed by atoms with E-state index < -0.39 is 29.1 Å². The average Bonchev–Trinajstić information content (AvgIpc) is 2.77. The fourth-order valence-corrected chi connectivity index (χ4v) is 3.41. The van der Waals surface area contributed by atoms with E-state index in [2.05, 4.69) is 23.7 Å². The molecule has 0 saturated carbocycles. The molecule has 174 valence electrons. The minimum atomic E-state index is -0.765. The monoisotopic (exact) mass is 466 g/mol. The maximum Gasteiger partial charge on any atom is 0.142 e. The molecular formula is C29H23F5. The van der Waals surface area contributed by atoms with E-state index in [0.717, 1.165) is 31.0 Å². The number of unbranched alkanes of at least 4 members (excludes halogenated alkanes) is 1. The first-order valence-corrected chi connectivity index (χ1v) is 11.1. The van der Waals surface area contributed by atoms with Gasteiger partial charge in [-0.1, -0.05) is 50.4 Å². The molecule has 0 radical (unpaired) electrons. The maximum absolute atomic E-state index is 14.5. The molecule has 0 aliphatic rings. The van der Waals surface area contributed by atoms with Crippen LogP contribution in [-0.2, 0) is 12.8 Å². The third-order valence-corrected chi connectivity index (χ3v) is 5.20. The first kappa shape index (κ1) is 25.1. The van der Waals surface area contributed by atoms with Crippen molar-refractivity contribution >= 4 is 0 Å². The van der Waals surface area contributed by atoms with Crippen LogP contribution in [-0.4, -0.2) is 0 Å². The zero-order chi connectivity index (χ0) is 24.7. The Labute approximate surface area is 196 Å². The maximum atomic E-state index is 14.5. The Morgan fingerprint density at radius 2 is 1.21 bits per heavy atom. The highest BCUT2D eigenvalue weighted by molar-refractivity contribution is 5.49. The van der Waals surface area contributed by atoms with Crippen LogP contribution in [0.25, 0.3) is 0 Å². The minimum Gasteiger partial charge on any atom is -0.207 e. The Bertz CT molecular complexity index is 1270. The standard InChI is InChI=1S/C29H23F5/c1-3-5-7-23-26(31)17-21(18-27(23)32)9-12-22-11-8-19(14-25(22)30)10-13-24-28(33)15-20(6-4-2)16-29(24)34/h8,11,14-18H,3-7H2,1-2H3. The molecule has 0 saturated heterocycles. The molecule has 3 aromatic rings. The summed E-state index contributed by atoms with van der Waals surface area (Å²) in [7, 11) is 0. The summed E-state index contributed by atoms with van der Waals surface area (Å²) in [6.07, 6.45) is 3.10. The van der Waals surface area contributed by atoms with E-state index in [0.29, 0.717) is 24.8 Å². The van der Waals surface area contributed by atoms with Crippen LogP contribution in [0.4, 0.5) is 22.0 Å². The molecule has 3 rings (SSSR count). The van der Waals surface area contributed by atoms with Crippen LogP contribution in [0.15, 0.2) is 42.5 Å².